The van der Waals surface area contributed by atoms with Crippen LogP contribution in [-0.4, -0.2) is 17.7 Å². The molecule has 0 saturated carbocycles. The number of hydrogen-bond donors (Lipinski definition) is 2. The van der Waals surface area contributed by atoms with Crippen LogP contribution in [0.3, 0.4) is 0 Å². The van der Waals surface area contributed by atoms with Crippen molar-refractivity contribution in [3.63, 3.8) is 0 Å². The number of rotatable bonds is 5. The predicted molar refractivity (Wildman–Crippen MR) is 111 cm³/mol. The van der Waals surface area contributed by atoms with Gasteiger partial charge >= 0.3 is 29.6 Å². The Kier molecular flexibility index (Phi) is 7.42. The van der Waals surface area contributed by atoms with Crippen LogP contribution in [0.4, 0.5) is 11.4 Å². The Morgan fingerprint density at radius 1 is 0.969 bits per heavy atom. The van der Waals surface area contributed by atoms with Crippen LogP contribution in [0.2, 0.25) is 0 Å². The van der Waals surface area contributed by atoms with Crippen molar-refractivity contribution in [1.29, 1.82) is 0 Å². The summed E-state index contributed by atoms with van der Waals surface area (Å²) in [6, 6.07) is 20.2. The molecule has 2 aromatic carbocycles. The molecule has 1 aromatic heterocycles. The summed E-state index contributed by atoms with van der Waals surface area (Å²) in [5.41, 5.74) is 4.94. The number of hydrazine groups is 1. The van der Waals surface area contributed by atoms with E-state index >= 15 is 0 Å². The zero-order chi connectivity index (χ0) is 21.8. The molecule has 1 fully saturated rings. The van der Waals surface area contributed by atoms with Gasteiger partial charge in [-0.15, -0.1) is 6.26 Å². The summed E-state index contributed by atoms with van der Waals surface area (Å²) >= 11 is 0. The van der Waals surface area contributed by atoms with Crippen LogP contribution >= 0.6 is 0 Å². The monoisotopic (exact) mass is 437 g/mol. The second kappa shape index (κ2) is 10.2. The third kappa shape index (κ3) is 5.05. The molecule has 0 atom stereocenters. The number of carbonyl (C=O) groups excluding carboxylic acids is 3. The molecule has 1 aliphatic rings. The fourth-order valence-electron chi connectivity index (χ4n) is 3.16. The first-order valence-electron chi connectivity index (χ1n) is 9.47. The van der Waals surface area contributed by atoms with Crippen LogP contribution in [0.1, 0.15) is 0 Å². The molecule has 3 amide bonds. The SMILES string of the molecule is O=C(C[n+]1ccc(-c2ccccc2)cc1)Nc1ccc(N2NC(=O)/C(=C/[O-])C2=O)cc1.[Na+]. The summed E-state index contributed by atoms with van der Waals surface area (Å²) in [4.78, 5) is 36.0. The summed E-state index contributed by atoms with van der Waals surface area (Å²) in [6.07, 6.45) is 3.91. The van der Waals surface area contributed by atoms with E-state index in [1.165, 1.54) is 0 Å². The summed E-state index contributed by atoms with van der Waals surface area (Å²) in [5.74, 6) is -1.67. The molecule has 2 N–H and O–H groups in total. The minimum Gasteiger partial charge on any atom is -0.877 e. The van der Waals surface area contributed by atoms with Gasteiger partial charge in [0.25, 0.3) is 17.7 Å². The van der Waals surface area contributed by atoms with Gasteiger partial charge in [0.15, 0.2) is 12.4 Å². The molecule has 2 heterocycles. The molecular formula is C23H18N4NaO4+. The standard InChI is InChI=1S/C23H18N4O4.Na/c28-15-20-22(30)25-27(23(20)31)19-8-6-18(7-9-19)24-21(29)14-26-12-10-17(11-13-26)16-4-2-1-3-5-16;/h1-13,15H,14H2,(H2-,24,25,28,29,30,31);/q;+1. The smallest absolute Gasteiger partial charge is 0.877 e. The van der Waals surface area contributed by atoms with Crippen molar-refractivity contribution in [2.24, 2.45) is 0 Å². The molecule has 0 radical (unpaired) electrons. The van der Waals surface area contributed by atoms with Crippen molar-refractivity contribution < 1.29 is 53.6 Å². The number of carbonyl (C=O) groups is 3. The van der Waals surface area contributed by atoms with E-state index in [1.54, 1.807) is 28.8 Å². The molecule has 1 saturated heterocycles. The molecule has 1 aliphatic heterocycles. The van der Waals surface area contributed by atoms with Crippen molar-refractivity contribution in [3.8, 4) is 11.1 Å². The number of nitrogens with one attached hydrogen (secondary N) is 2. The van der Waals surface area contributed by atoms with Gasteiger partial charge in [-0.05, 0) is 35.4 Å². The Morgan fingerprint density at radius 3 is 2.19 bits per heavy atom. The van der Waals surface area contributed by atoms with E-state index in [4.69, 9.17) is 0 Å². The van der Waals surface area contributed by atoms with E-state index in [9.17, 15) is 19.5 Å². The summed E-state index contributed by atoms with van der Waals surface area (Å²) in [5, 5.41) is 14.6. The first-order valence-corrected chi connectivity index (χ1v) is 9.47. The third-order valence-corrected chi connectivity index (χ3v) is 4.74. The van der Waals surface area contributed by atoms with Crippen LogP contribution in [0.5, 0.6) is 0 Å². The average Bonchev–Trinajstić information content (AvgIpc) is 3.08. The molecule has 0 unspecified atom stereocenters. The summed E-state index contributed by atoms with van der Waals surface area (Å²) in [6.45, 7) is 0.134. The number of nitrogens with zero attached hydrogens (tertiary/aromatic N) is 2. The predicted octanol–water partition coefficient (Wildman–Crippen LogP) is -2.09. The van der Waals surface area contributed by atoms with Crippen LogP contribution < -0.4 is 55.0 Å². The van der Waals surface area contributed by atoms with Crippen molar-refractivity contribution in [2.45, 2.75) is 6.54 Å². The van der Waals surface area contributed by atoms with E-state index in [0.717, 1.165) is 16.1 Å². The van der Waals surface area contributed by atoms with Gasteiger partial charge in [0.1, 0.15) is 0 Å². The quantitative estimate of drug-likeness (QED) is 0.157. The Bertz CT molecular complexity index is 1160. The Hall–Kier alpha value is -3.46. The zero-order valence-corrected chi connectivity index (χ0v) is 19.3. The zero-order valence-electron chi connectivity index (χ0n) is 17.3. The van der Waals surface area contributed by atoms with Crippen LogP contribution in [-0.2, 0) is 20.9 Å². The summed E-state index contributed by atoms with van der Waals surface area (Å²) in [7, 11) is 0. The molecule has 154 valence electrons. The van der Waals surface area contributed by atoms with E-state index in [2.05, 4.69) is 10.7 Å². The maximum Gasteiger partial charge on any atom is 1.00 e. The van der Waals surface area contributed by atoms with E-state index in [0.29, 0.717) is 11.4 Å². The minimum atomic E-state index is -0.743. The van der Waals surface area contributed by atoms with Gasteiger partial charge in [0, 0.05) is 17.8 Å². The number of anilines is 2. The van der Waals surface area contributed by atoms with E-state index in [-0.39, 0.29) is 48.3 Å². The molecule has 8 nitrogen and oxygen atoms in total. The van der Waals surface area contributed by atoms with Crippen molar-refractivity contribution in [2.75, 3.05) is 10.3 Å². The molecule has 0 spiro atoms. The van der Waals surface area contributed by atoms with Crippen LogP contribution in [0, 0.1) is 0 Å². The van der Waals surface area contributed by atoms with Crippen molar-refractivity contribution in [3.05, 3.63) is 91.0 Å². The number of amides is 3. The maximum atomic E-state index is 12.4. The van der Waals surface area contributed by atoms with E-state index < -0.39 is 17.4 Å². The van der Waals surface area contributed by atoms with Gasteiger partial charge in [-0.3, -0.25) is 19.8 Å². The average molecular weight is 437 g/mol. The number of hydrogen-bond acceptors (Lipinski definition) is 4. The molecule has 4 rings (SSSR count). The maximum absolute atomic E-state index is 12.4. The number of benzene rings is 2. The first-order chi connectivity index (χ1) is 15.0. The first kappa shape index (κ1) is 23.2. The van der Waals surface area contributed by atoms with Crippen molar-refractivity contribution >= 4 is 29.1 Å². The minimum absolute atomic E-state index is 0. The second-order valence-corrected chi connectivity index (χ2v) is 6.83. The van der Waals surface area contributed by atoms with Gasteiger partial charge in [0.2, 0.25) is 6.54 Å². The van der Waals surface area contributed by atoms with Gasteiger partial charge < -0.3 is 10.4 Å². The Labute approximate surface area is 206 Å². The molecule has 32 heavy (non-hydrogen) atoms. The Morgan fingerprint density at radius 2 is 1.59 bits per heavy atom. The van der Waals surface area contributed by atoms with Crippen LogP contribution in [0.15, 0.2) is 91.0 Å². The molecular weight excluding hydrogens is 419 g/mol. The largest absolute Gasteiger partial charge is 1.00 e. The number of aromatic nitrogens is 1. The van der Waals surface area contributed by atoms with Gasteiger partial charge in [-0.25, -0.2) is 5.01 Å². The Balaban J connectivity index is 0.00000289. The van der Waals surface area contributed by atoms with Gasteiger partial charge in [0.05, 0.1) is 11.3 Å². The summed E-state index contributed by atoms with van der Waals surface area (Å²) < 4.78 is 1.77. The molecule has 3 aromatic rings. The molecule has 9 heteroatoms. The fraction of sp³-hybridized carbons (Fsp3) is 0.0435. The number of pyridine rings is 1. The topological polar surface area (TPSA) is 105 Å². The fourth-order valence-corrected chi connectivity index (χ4v) is 3.16. The molecule has 0 aliphatic carbocycles. The van der Waals surface area contributed by atoms with Crippen LogP contribution in [0.25, 0.3) is 11.1 Å². The third-order valence-electron chi connectivity index (χ3n) is 4.74. The normalized spacial score (nSPS) is 14.1. The molecule has 0 bridgehead atoms. The second-order valence-electron chi connectivity index (χ2n) is 6.83. The van der Waals surface area contributed by atoms with Gasteiger partial charge in [-0.2, -0.15) is 4.57 Å². The van der Waals surface area contributed by atoms with Gasteiger partial charge in [-0.1, -0.05) is 30.3 Å². The van der Waals surface area contributed by atoms with E-state index in [1.807, 2.05) is 54.9 Å². The van der Waals surface area contributed by atoms with Crippen molar-refractivity contribution in [1.82, 2.24) is 5.43 Å².